The third-order valence-corrected chi connectivity index (χ3v) is 9.82. The van der Waals surface area contributed by atoms with Crippen molar-refractivity contribution in [2.24, 2.45) is 5.92 Å². The van der Waals surface area contributed by atoms with E-state index in [4.69, 9.17) is 0 Å². The molecular weight excluding hydrogens is 582 g/mol. The molecular formula is C34H41N9O3. The van der Waals surface area contributed by atoms with E-state index in [1.165, 1.54) is 0 Å². The Kier molecular flexibility index (Phi) is 7.92. The first-order valence-corrected chi connectivity index (χ1v) is 15.8. The van der Waals surface area contributed by atoms with Crippen LogP contribution in [0.3, 0.4) is 0 Å². The minimum atomic E-state index is -0.923. The molecule has 12 heteroatoms. The number of nitrogens with zero attached hydrogens (tertiary/aromatic N) is 7. The summed E-state index contributed by atoms with van der Waals surface area (Å²) in [6.07, 6.45) is 3.44. The summed E-state index contributed by atoms with van der Waals surface area (Å²) in [5.41, 5.74) is 3.50. The number of amides is 3. The molecule has 2 aliphatic carbocycles. The third-order valence-electron chi connectivity index (χ3n) is 9.82. The molecule has 0 bridgehead atoms. The van der Waals surface area contributed by atoms with Crippen LogP contribution in [0.25, 0.3) is 0 Å². The minimum absolute atomic E-state index is 0.0691. The summed E-state index contributed by atoms with van der Waals surface area (Å²) in [7, 11) is 6.93. The number of hydrogen-bond acceptors (Lipinski definition) is 8. The summed E-state index contributed by atoms with van der Waals surface area (Å²) < 4.78 is 0. The van der Waals surface area contributed by atoms with Crippen LogP contribution >= 0.6 is 0 Å². The Bertz CT molecular complexity index is 1650. The second-order valence-electron chi connectivity index (χ2n) is 14.0. The van der Waals surface area contributed by atoms with Crippen molar-refractivity contribution in [2.75, 3.05) is 34.7 Å². The highest BCUT2D eigenvalue weighted by Gasteiger charge is 2.54. The van der Waals surface area contributed by atoms with Gasteiger partial charge in [0.1, 0.15) is 6.04 Å². The van der Waals surface area contributed by atoms with Gasteiger partial charge in [-0.1, -0.05) is 12.1 Å². The molecule has 2 N–H and O–H groups in total. The van der Waals surface area contributed by atoms with Crippen LogP contribution in [0, 0.1) is 17.2 Å². The number of hydrogen-bond donors (Lipinski definition) is 2. The summed E-state index contributed by atoms with van der Waals surface area (Å²) in [5, 5.41) is 28.7. The van der Waals surface area contributed by atoms with Crippen molar-refractivity contribution >= 4 is 17.7 Å². The van der Waals surface area contributed by atoms with Gasteiger partial charge in [-0.15, -0.1) is 5.10 Å². The van der Waals surface area contributed by atoms with Crippen molar-refractivity contribution < 1.29 is 14.4 Å². The molecule has 3 aromatic rings. The monoisotopic (exact) mass is 623 g/mol. The zero-order valence-corrected chi connectivity index (χ0v) is 27.3. The van der Waals surface area contributed by atoms with Crippen LogP contribution in [0.2, 0.25) is 0 Å². The number of carbonyl (C=O) groups is 3. The second-order valence-corrected chi connectivity index (χ2v) is 14.0. The molecule has 1 unspecified atom stereocenters. The standard InChI is InChI=1S/C34H41N9O3/c1-33(2,36-18-29(44)43-25(17-35)15-24-16-28(24)43)19-34(32-37-39-40-38-32)26-11-9-22(30(45)41(3)4)13-20(26)7-8-21-14-23(10-12-27(21)34)31(46)42(5)6/h9-14,24-25,28,36H,7-8,15-16,18-19H2,1-6H3,(H,37,38,39,40)/t24-,25?,28+/m1/s1. The number of H-pyrrole nitrogens is 1. The fourth-order valence-corrected chi connectivity index (χ4v) is 7.56. The fraction of sp³-hybridized carbons (Fsp3) is 0.500. The first-order chi connectivity index (χ1) is 21.9. The molecule has 1 saturated heterocycles. The van der Waals surface area contributed by atoms with E-state index in [1.54, 1.807) is 42.9 Å². The molecule has 3 amide bonds. The lowest BCUT2D eigenvalue weighted by Crippen LogP contribution is -2.52. The molecule has 6 rings (SSSR count). The average molecular weight is 624 g/mol. The molecule has 12 nitrogen and oxygen atoms in total. The molecule has 2 aromatic carbocycles. The van der Waals surface area contributed by atoms with Gasteiger partial charge in [0.2, 0.25) is 5.91 Å². The molecule has 1 aromatic heterocycles. The summed E-state index contributed by atoms with van der Waals surface area (Å²) in [4.78, 5) is 44.4. The van der Waals surface area contributed by atoms with Crippen LogP contribution in [0.4, 0.5) is 0 Å². The van der Waals surface area contributed by atoms with E-state index >= 15 is 0 Å². The molecule has 2 fully saturated rings. The molecule has 2 heterocycles. The second kappa shape index (κ2) is 11.6. The van der Waals surface area contributed by atoms with Gasteiger partial charge < -0.3 is 20.0 Å². The summed E-state index contributed by atoms with van der Waals surface area (Å²) in [5.74, 6) is 0.718. The van der Waals surface area contributed by atoms with Crippen LogP contribution in [-0.4, -0.2) is 105 Å². The van der Waals surface area contributed by atoms with Gasteiger partial charge in [0.05, 0.1) is 18.0 Å². The Hall–Kier alpha value is -4.63. The lowest BCUT2D eigenvalue weighted by molar-refractivity contribution is -0.131. The lowest BCUT2D eigenvalue weighted by Gasteiger charge is -2.41. The van der Waals surface area contributed by atoms with Crippen LogP contribution in [0.15, 0.2) is 36.4 Å². The number of aromatic nitrogens is 4. The van der Waals surface area contributed by atoms with E-state index in [0.717, 1.165) is 35.1 Å². The molecule has 240 valence electrons. The maximum atomic E-state index is 13.5. The molecule has 3 atom stereocenters. The highest BCUT2D eigenvalue weighted by molar-refractivity contribution is 5.95. The summed E-state index contributed by atoms with van der Waals surface area (Å²) in [6, 6.07) is 13.7. The van der Waals surface area contributed by atoms with E-state index < -0.39 is 11.0 Å². The summed E-state index contributed by atoms with van der Waals surface area (Å²) in [6.45, 7) is 4.19. The molecule has 1 aliphatic heterocycles. The highest BCUT2D eigenvalue weighted by Crippen LogP contribution is 2.49. The first-order valence-electron chi connectivity index (χ1n) is 15.8. The maximum Gasteiger partial charge on any atom is 0.253 e. The normalized spacial score (nSPS) is 20.9. The SMILES string of the molecule is CN(C)C(=O)c1ccc2c(c1)CCc1cc(C(=O)N(C)C)ccc1C2(CC(C)(C)NCC(=O)N1C(C#N)C[C@@H]2C[C@@H]21)c1nnn[nH]1. The first kappa shape index (κ1) is 31.4. The fourth-order valence-electron chi connectivity index (χ4n) is 7.56. The average Bonchev–Trinajstić information content (AvgIpc) is 3.42. The zero-order chi connectivity index (χ0) is 33.0. The van der Waals surface area contributed by atoms with E-state index in [9.17, 15) is 19.6 Å². The quantitative estimate of drug-likeness (QED) is 0.388. The van der Waals surface area contributed by atoms with Gasteiger partial charge >= 0.3 is 0 Å². The number of benzene rings is 2. The van der Waals surface area contributed by atoms with E-state index in [2.05, 4.69) is 45.9 Å². The Morgan fingerprint density at radius 3 is 2.09 bits per heavy atom. The smallest absolute Gasteiger partial charge is 0.253 e. The summed E-state index contributed by atoms with van der Waals surface area (Å²) >= 11 is 0. The number of piperidine rings is 1. The molecule has 1 saturated carbocycles. The Morgan fingerprint density at radius 1 is 1.00 bits per heavy atom. The largest absolute Gasteiger partial charge is 0.345 e. The number of fused-ring (bicyclic) bond motifs is 3. The maximum absolute atomic E-state index is 13.5. The van der Waals surface area contributed by atoms with Crippen molar-refractivity contribution in [3.05, 3.63) is 75.6 Å². The third kappa shape index (κ3) is 5.42. The molecule has 46 heavy (non-hydrogen) atoms. The van der Waals surface area contributed by atoms with Crippen molar-refractivity contribution in [1.82, 2.24) is 40.6 Å². The van der Waals surface area contributed by atoms with Crippen LogP contribution in [-0.2, 0) is 23.1 Å². The topological polar surface area (TPSA) is 151 Å². The van der Waals surface area contributed by atoms with Crippen LogP contribution in [0.1, 0.15) is 81.9 Å². The van der Waals surface area contributed by atoms with Gasteiger partial charge in [-0.05, 0) is 109 Å². The minimum Gasteiger partial charge on any atom is -0.345 e. The van der Waals surface area contributed by atoms with Crippen LogP contribution in [0.5, 0.6) is 0 Å². The van der Waals surface area contributed by atoms with Crippen LogP contribution < -0.4 is 5.32 Å². The molecule has 0 radical (unpaired) electrons. The van der Waals surface area contributed by atoms with E-state index in [1.807, 2.05) is 36.4 Å². The Morgan fingerprint density at radius 2 is 1.59 bits per heavy atom. The molecule has 0 spiro atoms. The lowest BCUT2D eigenvalue weighted by atomic mass is 9.65. The number of likely N-dealkylation sites (tertiary alicyclic amines) is 1. The zero-order valence-electron chi connectivity index (χ0n) is 27.3. The van der Waals surface area contributed by atoms with Gasteiger partial charge in [0.15, 0.2) is 5.82 Å². The molecule has 3 aliphatic rings. The van der Waals surface area contributed by atoms with Crippen molar-refractivity contribution in [3.8, 4) is 6.07 Å². The highest BCUT2D eigenvalue weighted by atomic mass is 16.2. The number of aryl methyl sites for hydroxylation is 2. The van der Waals surface area contributed by atoms with Crippen molar-refractivity contribution in [1.29, 1.82) is 5.26 Å². The van der Waals surface area contributed by atoms with Gasteiger partial charge in [-0.25, -0.2) is 5.10 Å². The van der Waals surface area contributed by atoms with Crippen molar-refractivity contribution in [3.63, 3.8) is 0 Å². The van der Waals surface area contributed by atoms with Gasteiger partial charge in [-0.3, -0.25) is 14.4 Å². The van der Waals surface area contributed by atoms with Crippen molar-refractivity contribution in [2.45, 2.75) is 69.0 Å². The Labute approximate surface area is 269 Å². The van der Waals surface area contributed by atoms with Gasteiger partial charge in [0, 0.05) is 50.9 Å². The predicted molar refractivity (Wildman–Crippen MR) is 170 cm³/mol. The van der Waals surface area contributed by atoms with Gasteiger partial charge in [0.25, 0.3) is 11.8 Å². The Balaban J connectivity index is 1.45. The number of nitriles is 1. The predicted octanol–water partition coefficient (Wildman–Crippen LogP) is 2.31. The number of nitrogens with one attached hydrogen (secondary N) is 2. The number of rotatable bonds is 8. The van der Waals surface area contributed by atoms with E-state index in [-0.39, 0.29) is 36.3 Å². The van der Waals surface area contributed by atoms with E-state index in [0.29, 0.717) is 42.1 Å². The number of aromatic amines is 1. The van der Waals surface area contributed by atoms with Gasteiger partial charge in [-0.2, -0.15) is 5.26 Å². The number of carbonyl (C=O) groups excluding carboxylic acids is 3. The number of tetrazole rings is 1.